The van der Waals surface area contributed by atoms with Gasteiger partial charge < -0.3 is 0 Å². The van der Waals surface area contributed by atoms with Crippen LogP contribution in [0.25, 0.3) is 97.3 Å². The van der Waals surface area contributed by atoms with Crippen molar-refractivity contribution in [2.75, 3.05) is 0 Å². The maximum Gasteiger partial charge on any atom is -0.000778 e. The zero-order valence-corrected chi connectivity index (χ0v) is 40.4. The van der Waals surface area contributed by atoms with E-state index in [1.807, 2.05) is 0 Å². The molecule has 10 aromatic rings. The Morgan fingerprint density at radius 1 is 0.266 bits per heavy atom. The van der Waals surface area contributed by atoms with Crippen LogP contribution in [0.2, 0.25) is 0 Å². The fraction of sp³-hybridized carbons (Fsp3) is 0.375. The predicted molar refractivity (Wildman–Crippen MR) is 286 cm³/mol. The molecule has 0 aromatic heterocycles. The Morgan fingerprint density at radius 3 is 1.45 bits per heavy atom. The Hall–Kier alpha value is -5.20. The molecular formula is C64H70. The number of aryl methyl sites for hydroxylation is 5. The van der Waals surface area contributed by atoms with Gasteiger partial charge in [0.05, 0.1) is 0 Å². The van der Waals surface area contributed by atoms with E-state index < -0.39 is 0 Å². The topological polar surface area (TPSA) is 0 Å². The van der Waals surface area contributed by atoms with Gasteiger partial charge in [-0.15, -0.1) is 0 Å². The van der Waals surface area contributed by atoms with Crippen molar-refractivity contribution in [2.24, 2.45) is 0 Å². The first-order valence-electron chi connectivity index (χ1n) is 25.9. The van der Waals surface area contributed by atoms with Crippen molar-refractivity contribution in [2.45, 2.75) is 158 Å². The summed E-state index contributed by atoms with van der Waals surface area (Å²) in [5, 5.41) is 24.0. The number of hydrogen-bond donors (Lipinski definition) is 0. The average Bonchev–Trinajstić information content (AvgIpc) is 3.84. The van der Waals surface area contributed by atoms with Gasteiger partial charge in [-0.2, -0.15) is 0 Å². The van der Waals surface area contributed by atoms with Gasteiger partial charge in [0.15, 0.2) is 0 Å². The fourth-order valence-corrected chi connectivity index (χ4v) is 13.1. The molecule has 0 N–H and O–H groups in total. The summed E-state index contributed by atoms with van der Waals surface area (Å²) in [5.74, 6) is 0. The standard InChI is InChI=1S/C64H70/c1-9-22-39-34-35-49-53-37-52-42-33-21-20-32-41(42)36-51(52)54-38-55-59(64(60(53)54)62-48(28-15-7)44(24-11-3)46(26-13-5)56(39)61(49)62)50(29-16-8)58-47(27-14-6)43(23-10-2)45(25-12-4)57(63(55)58)40-30-18-17-19-31-40/h17-21,30-38H,9-16,22-29H2,1-8H3. The average molecular weight is 839 g/mol. The predicted octanol–water partition coefficient (Wildman–Crippen LogP) is 19.1. The molecule has 10 rings (SSSR count). The van der Waals surface area contributed by atoms with Crippen LogP contribution in [-0.4, -0.2) is 0 Å². The molecule has 0 nitrogen and oxygen atoms in total. The van der Waals surface area contributed by atoms with Crippen LogP contribution in [0.1, 0.15) is 151 Å². The van der Waals surface area contributed by atoms with Gasteiger partial charge >= 0.3 is 0 Å². The Labute approximate surface area is 383 Å². The van der Waals surface area contributed by atoms with Gasteiger partial charge in [0.2, 0.25) is 0 Å². The van der Waals surface area contributed by atoms with E-state index in [-0.39, 0.29) is 0 Å². The van der Waals surface area contributed by atoms with Gasteiger partial charge in [-0.05, 0) is 211 Å². The van der Waals surface area contributed by atoms with Crippen molar-refractivity contribution in [1.29, 1.82) is 0 Å². The molecule has 0 radical (unpaired) electrons. The molecule has 0 saturated carbocycles. The summed E-state index contributed by atoms with van der Waals surface area (Å²) in [4.78, 5) is 0. The third kappa shape index (κ3) is 6.36. The molecule has 0 spiro atoms. The smallest absolute Gasteiger partial charge is 0.000778 e. The summed E-state index contributed by atoms with van der Waals surface area (Å²) in [6.45, 7) is 19.3. The maximum absolute atomic E-state index is 2.74. The second-order valence-electron chi connectivity index (χ2n) is 19.5. The van der Waals surface area contributed by atoms with Gasteiger partial charge in [-0.3, -0.25) is 0 Å². The van der Waals surface area contributed by atoms with E-state index in [2.05, 4.69) is 140 Å². The van der Waals surface area contributed by atoms with Crippen molar-refractivity contribution >= 4 is 86.2 Å². The largest absolute Gasteiger partial charge is 0.0651 e. The molecule has 0 aliphatic carbocycles. The third-order valence-corrected chi connectivity index (χ3v) is 15.2. The zero-order chi connectivity index (χ0) is 44.2. The number of rotatable bonds is 17. The lowest BCUT2D eigenvalue weighted by atomic mass is 9.77. The second-order valence-corrected chi connectivity index (χ2v) is 19.5. The van der Waals surface area contributed by atoms with E-state index in [0.29, 0.717) is 0 Å². The first-order valence-corrected chi connectivity index (χ1v) is 25.9. The number of fused-ring (bicyclic) bond motifs is 10. The fourth-order valence-electron chi connectivity index (χ4n) is 13.1. The molecule has 0 aliphatic heterocycles. The minimum absolute atomic E-state index is 1.09. The minimum Gasteiger partial charge on any atom is -0.0651 e. The highest BCUT2D eigenvalue weighted by atomic mass is 14.3. The maximum atomic E-state index is 2.74. The first-order chi connectivity index (χ1) is 31.5. The Bertz CT molecular complexity index is 3340. The van der Waals surface area contributed by atoms with E-state index >= 15 is 0 Å². The third-order valence-electron chi connectivity index (χ3n) is 15.2. The molecule has 0 aliphatic rings. The number of hydrogen-bond acceptors (Lipinski definition) is 0. The van der Waals surface area contributed by atoms with Gasteiger partial charge in [0.25, 0.3) is 0 Å². The van der Waals surface area contributed by atoms with Crippen LogP contribution < -0.4 is 0 Å². The van der Waals surface area contributed by atoms with E-state index in [4.69, 9.17) is 0 Å². The van der Waals surface area contributed by atoms with Crippen LogP contribution in [0.3, 0.4) is 0 Å². The lowest BCUT2D eigenvalue weighted by Gasteiger charge is -2.26. The first kappa shape index (κ1) is 42.7. The normalized spacial score (nSPS) is 12.4. The highest BCUT2D eigenvalue weighted by Gasteiger charge is 2.31. The van der Waals surface area contributed by atoms with Gasteiger partial charge in [-0.25, -0.2) is 0 Å². The molecule has 0 fully saturated rings. The van der Waals surface area contributed by atoms with E-state index in [1.165, 1.54) is 72.4 Å². The molecule has 10 aromatic carbocycles. The molecule has 0 heteroatoms. The van der Waals surface area contributed by atoms with Gasteiger partial charge in [0, 0.05) is 0 Å². The summed E-state index contributed by atoms with van der Waals surface area (Å²) >= 11 is 0. The van der Waals surface area contributed by atoms with Crippen molar-refractivity contribution in [3.05, 3.63) is 129 Å². The van der Waals surface area contributed by atoms with E-state index in [1.54, 1.807) is 82.2 Å². The van der Waals surface area contributed by atoms with E-state index in [9.17, 15) is 0 Å². The SMILES string of the molecule is CCCc1c(CCC)c(-c2ccccc2)c2c(c1CCC)c(CCC)c1c2cc2c3cc4ccccc4c3cc3c4ccc(CCC)c5c(CCC)c(CCC)c(CCC)c(c54)c1c23. The van der Waals surface area contributed by atoms with Crippen molar-refractivity contribution in [3.63, 3.8) is 0 Å². The van der Waals surface area contributed by atoms with Crippen molar-refractivity contribution in [1.82, 2.24) is 0 Å². The molecule has 0 amide bonds. The summed E-state index contributed by atoms with van der Waals surface area (Å²) in [5.41, 5.74) is 16.0. The molecule has 326 valence electrons. The summed E-state index contributed by atoms with van der Waals surface area (Å²) in [6.07, 6.45) is 18.2. The van der Waals surface area contributed by atoms with E-state index in [0.717, 1.165) is 89.9 Å². The summed E-state index contributed by atoms with van der Waals surface area (Å²) in [6, 6.07) is 33.8. The molecule has 0 atom stereocenters. The van der Waals surface area contributed by atoms with Crippen LogP contribution in [0, 0.1) is 0 Å². The van der Waals surface area contributed by atoms with Crippen molar-refractivity contribution < 1.29 is 0 Å². The molecule has 0 unspecified atom stereocenters. The second kappa shape index (κ2) is 17.6. The quantitative estimate of drug-likeness (QED) is 0.0633. The van der Waals surface area contributed by atoms with Crippen LogP contribution >= 0.6 is 0 Å². The molecule has 64 heavy (non-hydrogen) atoms. The molecule has 0 saturated heterocycles. The van der Waals surface area contributed by atoms with Crippen LogP contribution in [-0.2, 0) is 51.4 Å². The van der Waals surface area contributed by atoms with Crippen LogP contribution in [0.5, 0.6) is 0 Å². The Balaban J connectivity index is 1.63. The number of benzene rings is 8. The molecular weight excluding hydrogens is 769 g/mol. The lowest BCUT2D eigenvalue weighted by Crippen LogP contribution is -2.07. The molecule has 0 bridgehead atoms. The Morgan fingerprint density at radius 2 is 0.781 bits per heavy atom. The highest BCUT2D eigenvalue weighted by Crippen LogP contribution is 2.55. The zero-order valence-electron chi connectivity index (χ0n) is 40.4. The minimum atomic E-state index is 1.09. The lowest BCUT2D eigenvalue weighted by molar-refractivity contribution is 0.832. The summed E-state index contributed by atoms with van der Waals surface area (Å²) in [7, 11) is 0. The monoisotopic (exact) mass is 839 g/mol. The summed E-state index contributed by atoms with van der Waals surface area (Å²) < 4.78 is 0. The van der Waals surface area contributed by atoms with Crippen molar-refractivity contribution in [3.8, 4) is 11.1 Å². The van der Waals surface area contributed by atoms with Gasteiger partial charge in [-0.1, -0.05) is 173 Å². The Kier molecular flexibility index (Phi) is 11.8. The molecule has 0 heterocycles. The van der Waals surface area contributed by atoms with Gasteiger partial charge in [0.1, 0.15) is 0 Å². The van der Waals surface area contributed by atoms with Crippen LogP contribution in [0.15, 0.2) is 84.9 Å². The highest BCUT2D eigenvalue weighted by molar-refractivity contribution is 6.46. The van der Waals surface area contributed by atoms with Crippen LogP contribution in [0.4, 0.5) is 0 Å².